The predicted octanol–water partition coefficient (Wildman–Crippen LogP) is 1.92. The summed E-state index contributed by atoms with van der Waals surface area (Å²) in [4.78, 5) is 22.7. The van der Waals surface area contributed by atoms with E-state index in [0.717, 1.165) is 11.3 Å². The maximum absolute atomic E-state index is 11.7. The third-order valence-corrected chi connectivity index (χ3v) is 2.99. The second-order valence-corrected chi connectivity index (χ2v) is 4.66. The Balaban J connectivity index is 1.85. The molecule has 1 amide bonds. The van der Waals surface area contributed by atoms with Gasteiger partial charge in [-0.1, -0.05) is 12.1 Å². The number of nitrogens with zero attached hydrogens (tertiary/aromatic N) is 1. The van der Waals surface area contributed by atoms with Gasteiger partial charge in [0.15, 0.2) is 6.61 Å². The zero-order valence-corrected chi connectivity index (χ0v) is 12.9. The van der Waals surface area contributed by atoms with Crippen molar-refractivity contribution in [2.24, 2.45) is 5.10 Å². The van der Waals surface area contributed by atoms with E-state index in [9.17, 15) is 9.59 Å². The number of carbonyl (C=O) groups excluding carboxylic acids is 1. The molecule has 0 heterocycles. The molecule has 0 unspecified atom stereocenters. The number of carbonyl (C=O) groups is 2. The van der Waals surface area contributed by atoms with E-state index in [1.807, 2.05) is 0 Å². The molecule has 0 spiro atoms. The van der Waals surface area contributed by atoms with Gasteiger partial charge in [-0.25, -0.2) is 10.2 Å². The van der Waals surface area contributed by atoms with Gasteiger partial charge in [0.2, 0.25) is 0 Å². The van der Waals surface area contributed by atoms with Crippen LogP contribution in [0.2, 0.25) is 0 Å². The highest BCUT2D eigenvalue weighted by molar-refractivity contribution is 5.91. The van der Waals surface area contributed by atoms with Gasteiger partial charge < -0.3 is 14.6 Å². The number of methoxy groups -OCH3 is 1. The minimum atomic E-state index is -1.12. The van der Waals surface area contributed by atoms with E-state index in [1.54, 1.807) is 43.5 Å². The summed E-state index contributed by atoms with van der Waals surface area (Å²) in [7, 11) is 1.58. The lowest BCUT2D eigenvalue weighted by molar-refractivity contribution is -0.123. The van der Waals surface area contributed by atoms with E-state index in [0.29, 0.717) is 0 Å². The van der Waals surface area contributed by atoms with Crippen molar-refractivity contribution in [1.29, 1.82) is 0 Å². The number of amides is 1. The van der Waals surface area contributed by atoms with Crippen LogP contribution in [-0.2, 0) is 4.79 Å². The minimum Gasteiger partial charge on any atom is -0.497 e. The molecule has 0 radical (unpaired) electrons. The molecular formula is C17H16N2O5. The summed E-state index contributed by atoms with van der Waals surface area (Å²) in [5.41, 5.74) is 3.08. The molecule has 0 saturated carbocycles. The number of hydrogen-bond acceptors (Lipinski definition) is 5. The van der Waals surface area contributed by atoms with Gasteiger partial charge in [-0.3, -0.25) is 4.79 Å². The largest absolute Gasteiger partial charge is 0.497 e. The van der Waals surface area contributed by atoms with Crippen LogP contribution in [0.3, 0.4) is 0 Å². The zero-order chi connectivity index (χ0) is 17.4. The van der Waals surface area contributed by atoms with E-state index in [2.05, 4.69) is 10.5 Å². The Morgan fingerprint density at radius 1 is 1.17 bits per heavy atom. The molecule has 0 fully saturated rings. The van der Waals surface area contributed by atoms with Gasteiger partial charge in [0.1, 0.15) is 17.1 Å². The lowest BCUT2D eigenvalue weighted by Crippen LogP contribution is -2.25. The van der Waals surface area contributed by atoms with E-state index < -0.39 is 11.9 Å². The topological polar surface area (TPSA) is 97.2 Å². The molecule has 2 aromatic rings. The lowest BCUT2D eigenvalue weighted by Gasteiger charge is -2.07. The van der Waals surface area contributed by atoms with Crippen molar-refractivity contribution in [3.05, 3.63) is 59.7 Å². The Kier molecular flexibility index (Phi) is 5.90. The molecule has 0 aliphatic rings. The van der Waals surface area contributed by atoms with Crippen molar-refractivity contribution in [1.82, 2.24) is 5.43 Å². The first-order valence-electron chi connectivity index (χ1n) is 7.01. The van der Waals surface area contributed by atoms with Gasteiger partial charge in [0, 0.05) is 0 Å². The molecular weight excluding hydrogens is 312 g/mol. The summed E-state index contributed by atoms with van der Waals surface area (Å²) in [6.07, 6.45) is 1.47. The van der Waals surface area contributed by atoms with Crippen LogP contribution in [0.15, 0.2) is 53.6 Å². The Morgan fingerprint density at radius 2 is 1.88 bits per heavy atom. The summed E-state index contributed by atoms with van der Waals surface area (Å²) >= 11 is 0. The highest BCUT2D eigenvalue weighted by Crippen LogP contribution is 2.17. The first-order chi connectivity index (χ1) is 11.6. The molecule has 7 heteroatoms. The molecule has 2 aromatic carbocycles. The summed E-state index contributed by atoms with van der Waals surface area (Å²) in [6, 6.07) is 13.2. The fourth-order valence-corrected chi connectivity index (χ4v) is 1.81. The van der Waals surface area contributed by atoms with E-state index in [4.69, 9.17) is 14.6 Å². The van der Waals surface area contributed by atoms with Crippen molar-refractivity contribution in [3.63, 3.8) is 0 Å². The fraction of sp³-hybridized carbons (Fsp3) is 0.118. The maximum Gasteiger partial charge on any atom is 0.339 e. The van der Waals surface area contributed by atoms with Crippen molar-refractivity contribution in [2.75, 3.05) is 13.7 Å². The molecule has 0 aromatic heterocycles. The summed E-state index contributed by atoms with van der Waals surface area (Å²) in [5, 5.41) is 12.8. The van der Waals surface area contributed by atoms with E-state index >= 15 is 0 Å². The number of para-hydroxylation sites is 1. The standard InChI is InChI=1S/C17H16N2O5/c1-23-13-8-6-12(7-9-13)10-18-19-16(20)11-24-15-5-3-2-4-14(15)17(21)22/h2-10H,11H2,1H3,(H,19,20)(H,21,22)/b18-10+. The maximum atomic E-state index is 11.7. The first-order valence-corrected chi connectivity index (χ1v) is 7.01. The van der Waals surface area contributed by atoms with Crippen LogP contribution >= 0.6 is 0 Å². The molecule has 0 aliphatic heterocycles. The molecule has 0 atom stereocenters. The SMILES string of the molecule is COc1ccc(/C=N/NC(=O)COc2ccccc2C(=O)O)cc1. The molecule has 2 N–H and O–H groups in total. The third-order valence-electron chi connectivity index (χ3n) is 2.99. The smallest absolute Gasteiger partial charge is 0.339 e. The van der Waals surface area contributed by atoms with Crippen LogP contribution in [0, 0.1) is 0 Å². The number of aromatic carboxylic acids is 1. The van der Waals surface area contributed by atoms with Crippen LogP contribution in [0.4, 0.5) is 0 Å². The summed E-state index contributed by atoms with van der Waals surface area (Å²) in [6.45, 7) is -0.343. The normalized spacial score (nSPS) is 10.4. The van der Waals surface area contributed by atoms with E-state index in [1.165, 1.54) is 18.3 Å². The van der Waals surface area contributed by atoms with Crippen LogP contribution in [0.1, 0.15) is 15.9 Å². The number of hydrazone groups is 1. The van der Waals surface area contributed by atoms with Crippen LogP contribution in [0.5, 0.6) is 11.5 Å². The second-order valence-electron chi connectivity index (χ2n) is 4.66. The Morgan fingerprint density at radius 3 is 2.54 bits per heavy atom. The van der Waals surface area contributed by atoms with Crippen LogP contribution in [-0.4, -0.2) is 36.9 Å². The van der Waals surface area contributed by atoms with Crippen molar-refractivity contribution in [2.45, 2.75) is 0 Å². The van der Waals surface area contributed by atoms with E-state index in [-0.39, 0.29) is 17.9 Å². The second kappa shape index (κ2) is 8.33. The quantitative estimate of drug-likeness (QED) is 0.598. The van der Waals surface area contributed by atoms with Crippen LogP contribution in [0.25, 0.3) is 0 Å². The average Bonchev–Trinajstić information content (AvgIpc) is 2.60. The number of benzene rings is 2. The molecule has 0 aliphatic carbocycles. The molecule has 2 rings (SSSR count). The average molecular weight is 328 g/mol. The minimum absolute atomic E-state index is 0.00738. The molecule has 0 saturated heterocycles. The fourth-order valence-electron chi connectivity index (χ4n) is 1.81. The molecule has 0 bridgehead atoms. The summed E-state index contributed by atoms with van der Waals surface area (Å²) in [5.74, 6) is -0.774. The van der Waals surface area contributed by atoms with Crippen molar-refractivity contribution < 1.29 is 24.2 Å². The lowest BCUT2D eigenvalue weighted by atomic mass is 10.2. The van der Waals surface area contributed by atoms with Gasteiger partial charge in [0.25, 0.3) is 5.91 Å². The number of rotatable bonds is 7. The number of hydrogen-bond donors (Lipinski definition) is 2. The number of carboxylic acid groups (broad SMARTS) is 1. The third kappa shape index (κ3) is 4.84. The number of ether oxygens (including phenoxy) is 2. The van der Waals surface area contributed by atoms with Gasteiger partial charge in [-0.15, -0.1) is 0 Å². The molecule has 124 valence electrons. The Hall–Kier alpha value is -3.35. The molecule has 7 nitrogen and oxygen atoms in total. The molecule has 24 heavy (non-hydrogen) atoms. The highest BCUT2D eigenvalue weighted by Gasteiger charge is 2.11. The Labute approximate surface area is 138 Å². The van der Waals surface area contributed by atoms with Crippen LogP contribution < -0.4 is 14.9 Å². The highest BCUT2D eigenvalue weighted by atomic mass is 16.5. The number of nitrogens with one attached hydrogen (secondary N) is 1. The van der Waals surface area contributed by atoms with Gasteiger partial charge in [-0.05, 0) is 42.0 Å². The Bertz CT molecular complexity index is 741. The van der Waals surface area contributed by atoms with Gasteiger partial charge in [0.05, 0.1) is 13.3 Å². The monoisotopic (exact) mass is 328 g/mol. The van der Waals surface area contributed by atoms with Crippen molar-refractivity contribution >= 4 is 18.1 Å². The number of carboxylic acids is 1. The van der Waals surface area contributed by atoms with Crippen molar-refractivity contribution in [3.8, 4) is 11.5 Å². The summed E-state index contributed by atoms with van der Waals surface area (Å²) < 4.78 is 10.2. The zero-order valence-electron chi connectivity index (χ0n) is 12.9. The first kappa shape index (κ1) is 17.0. The van der Waals surface area contributed by atoms with Gasteiger partial charge >= 0.3 is 5.97 Å². The van der Waals surface area contributed by atoms with Gasteiger partial charge in [-0.2, -0.15) is 5.10 Å². The predicted molar refractivity (Wildman–Crippen MR) is 87.6 cm³/mol.